The molecule has 2 heterocycles. The summed E-state index contributed by atoms with van der Waals surface area (Å²) in [5, 5.41) is 10.4. The molecule has 128 valence electrons. The number of aliphatic hydroxyl groups is 1. The first-order valence-corrected chi connectivity index (χ1v) is 7.85. The molecule has 1 aliphatic rings. The molecule has 7 heteroatoms. The second-order valence-electron chi connectivity index (χ2n) is 5.89. The number of alkyl halides is 3. The van der Waals surface area contributed by atoms with E-state index in [1.807, 2.05) is 30.3 Å². The van der Waals surface area contributed by atoms with Crippen LogP contribution in [0.15, 0.2) is 42.6 Å². The first-order valence-electron chi connectivity index (χ1n) is 7.85. The highest BCUT2D eigenvalue weighted by atomic mass is 19.4. The second-order valence-corrected chi connectivity index (χ2v) is 5.89. The predicted molar refractivity (Wildman–Crippen MR) is 83.4 cm³/mol. The van der Waals surface area contributed by atoms with Crippen LogP contribution < -0.4 is 4.90 Å². The van der Waals surface area contributed by atoms with Gasteiger partial charge in [-0.1, -0.05) is 30.3 Å². The Morgan fingerprint density at radius 2 is 1.96 bits per heavy atom. The average Bonchev–Trinajstić information content (AvgIpc) is 3.03. The van der Waals surface area contributed by atoms with E-state index in [9.17, 15) is 18.3 Å². The standard InChI is InChI=1S/C17H18F3N3O/c18-17(19,20)15-8-9-21-16(22-15)23-10-4-7-13(23)11-14(24)12-5-2-1-3-6-12/h1-3,5-6,8-9,13-14,24H,4,7,10-11H2/t13-,14-/m1/s1. The van der Waals surface area contributed by atoms with E-state index in [0.717, 1.165) is 30.7 Å². The molecular weight excluding hydrogens is 319 g/mol. The maximum atomic E-state index is 12.8. The molecule has 3 rings (SSSR count). The van der Waals surface area contributed by atoms with Gasteiger partial charge in [-0.2, -0.15) is 13.2 Å². The van der Waals surface area contributed by atoms with Crippen molar-refractivity contribution in [1.29, 1.82) is 0 Å². The Morgan fingerprint density at radius 1 is 1.21 bits per heavy atom. The van der Waals surface area contributed by atoms with Crippen molar-refractivity contribution >= 4 is 5.95 Å². The van der Waals surface area contributed by atoms with Gasteiger partial charge < -0.3 is 10.0 Å². The first kappa shape index (κ1) is 16.7. The van der Waals surface area contributed by atoms with Crippen LogP contribution in [0.1, 0.15) is 36.6 Å². The van der Waals surface area contributed by atoms with Crippen LogP contribution in [0.3, 0.4) is 0 Å². The molecule has 0 aliphatic carbocycles. The lowest BCUT2D eigenvalue weighted by molar-refractivity contribution is -0.141. The van der Waals surface area contributed by atoms with Crippen LogP contribution in [0, 0.1) is 0 Å². The van der Waals surface area contributed by atoms with Gasteiger partial charge in [0.2, 0.25) is 5.95 Å². The molecule has 1 aromatic heterocycles. The molecule has 2 atom stereocenters. The number of nitrogens with zero attached hydrogens (tertiary/aromatic N) is 3. The van der Waals surface area contributed by atoms with Gasteiger partial charge in [0.1, 0.15) is 5.69 Å². The lowest BCUT2D eigenvalue weighted by Gasteiger charge is -2.27. The van der Waals surface area contributed by atoms with Gasteiger partial charge in [-0.25, -0.2) is 9.97 Å². The fourth-order valence-electron chi connectivity index (χ4n) is 3.06. The lowest BCUT2D eigenvalue weighted by atomic mass is 10.0. The van der Waals surface area contributed by atoms with E-state index in [1.165, 1.54) is 0 Å². The fourth-order valence-corrected chi connectivity index (χ4v) is 3.06. The number of hydrogen-bond acceptors (Lipinski definition) is 4. The summed E-state index contributed by atoms with van der Waals surface area (Å²) >= 11 is 0. The number of anilines is 1. The Hall–Kier alpha value is -2.15. The molecule has 1 N–H and O–H groups in total. The minimum absolute atomic E-state index is 0.0765. The van der Waals surface area contributed by atoms with E-state index in [4.69, 9.17) is 0 Å². The summed E-state index contributed by atoms with van der Waals surface area (Å²) in [5.74, 6) is 0.0765. The van der Waals surface area contributed by atoms with Gasteiger partial charge >= 0.3 is 6.18 Å². The van der Waals surface area contributed by atoms with E-state index in [0.29, 0.717) is 13.0 Å². The number of rotatable bonds is 4. The molecule has 0 saturated carbocycles. The number of aliphatic hydroxyl groups excluding tert-OH is 1. The van der Waals surface area contributed by atoms with Gasteiger partial charge in [-0.05, 0) is 30.9 Å². The van der Waals surface area contributed by atoms with Gasteiger partial charge in [-0.15, -0.1) is 0 Å². The largest absolute Gasteiger partial charge is 0.433 e. The molecule has 0 radical (unpaired) electrons. The molecular formula is C17H18F3N3O. The Kier molecular flexibility index (Phi) is 4.71. The van der Waals surface area contributed by atoms with Crippen LogP contribution >= 0.6 is 0 Å². The molecule has 0 amide bonds. The Bertz CT molecular complexity index is 678. The summed E-state index contributed by atoms with van der Waals surface area (Å²) in [5.41, 5.74) is -0.143. The molecule has 1 saturated heterocycles. The Morgan fingerprint density at radius 3 is 2.67 bits per heavy atom. The maximum Gasteiger partial charge on any atom is 0.433 e. The smallest absolute Gasteiger partial charge is 0.388 e. The molecule has 0 bridgehead atoms. The summed E-state index contributed by atoms with van der Waals surface area (Å²) in [4.78, 5) is 9.43. The first-order chi connectivity index (χ1) is 11.4. The lowest BCUT2D eigenvalue weighted by Crippen LogP contribution is -2.32. The van der Waals surface area contributed by atoms with Crippen molar-refractivity contribution < 1.29 is 18.3 Å². The highest BCUT2D eigenvalue weighted by Crippen LogP contribution is 2.32. The third kappa shape index (κ3) is 3.67. The average molecular weight is 337 g/mol. The Balaban J connectivity index is 1.76. The molecule has 1 aromatic carbocycles. The number of halogens is 3. The number of hydrogen-bond donors (Lipinski definition) is 1. The predicted octanol–water partition coefficient (Wildman–Crippen LogP) is 3.59. The molecule has 1 fully saturated rings. The van der Waals surface area contributed by atoms with E-state index in [-0.39, 0.29) is 12.0 Å². The third-order valence-electron chi connectivity index (χ3n) is 4.25. The molecule has 4 nitrogen and oxygen atoms in total. The van der Waals surface area contributed by atoms with Gasteiger partial charge in [0.25, 0.3) is 0 Å². The van der Waals surface area contributed by atoms with E-state index in [2.05, 4.69) is 9.97 Å². The van der Waals surface area contributed by atoms with Gasteiger partial charge in [0.15, 0.2) is 0 Å². The second kappa shape index (κ2) is 6.76. The summed E-state index contributed by atoms with van der Waals surface area (Å²) in [7, 11) is 0. The summed E-state index contributed by atoms with van der Waals surface area (Å²) < 4.78 is 38.5. The van der Waals surface area contributed by atoms with Crippen molar-refractivity contribution in [2.24, 2.45) is 0 Å². The van der Waals surface area contributed by atoms with Gasteiger partial charge in [0.05, 0.1) is 6.10 Å². The van der Waals surface area contributed by atoms with E-state index in [1.54, 1.807) is 4.90 Å². The van der Waals surface area contributed by atoms with Crippen LogP contribution in [0.25, 0.3) is 0 Å². The summed E-state index contributed by atoms with van der Waals surface area (Å²) in [6.07, 6.45) is -1.95. The van der Waals surface area contributed by atoms with Gasteiger partial charge in [-0.3, -0.25) is 0 Å². The zero-order chi connectivity index (χ0) is 17.2. The van der Waals surface area contributed by atoms with Crippen molar-refractivity contribution in [3.8, 4) is 0 Å². The highest BCUT2D eigenvalue weighted by Gasteiger charge is 2.35. The normalized spacial score (nSPS) is 19.5. The van der Waals surface area contributed by atoms with Crippen molar-refractivity contribution in [2.45, 2.75) is 37.6 Å². The van der Waals surface area contributed by atoms with Crippen LogP contribution in [0.5, 0.6) is 0 Å². The van der Waals surface area contributed by atoms with Crippen molar-refractivity contribution in [1.82, 2.24) is 9.97 Å². The van der Waals surface area contributed by atoms with E-state index < -0.39 is 18.0 Å². The minimum Gasteiger partial charge on any atom is -0.388 e. The minimum atomic E-state index is -4.49. The quantitative estimate of drug-likeness (QED) is 0.926. The van der Waals surface area contributed by atoms with Crippen LogP contribution in [-0.2, 0) is 6.18 Å². The molecule has 24 heavy (non-hydrogen) atoms. The van der Waals surface area contributed by atoms with Crippen molar-refractivity contribution in [3.05, 3.63) is 53.9 Å². The molecule has 0 spiro atoms. The molecule has 2 aromatic rings. The van der Waals surface area contributed by atoms with Gasteiger partial charge in [0, 0.05) is 18.8 Å². The number of aromatic nitrogens is 2. The zero-order valence-corrected chi connectivity index (χ0v) is 12.9. The number of benzene rings is 1. The molecule has 1 aliphatic heterocycles. The third-order valence-corrected chi connectivity index (χ3v) is 4.25. The van der Waals surface area contributed by atoms with Crippen LogP contribution in [-0.4, -0.2) is 27.7 Å². The van der Waals surface area contributed by atoms with E-state index >= 15 is 0 Å². The monoisotopic (exact) mass is 337 g/mol. The summed E-state index contributed by atoms with van der Waals surface area (Å²) in [6, 6.07) is 10.0. The zero-order valence-electron chi connectivity index (χ0n) is 12.9. The SMILES string of the molecule is O[C@H](C[C@H]1CCCN1c1nccc(C(F)(F)F)n1)c1ccccc1. The van der Waals surface area contributed by atoms with Crippen molar-refractivity contribution in [2.75, 3.05) is 11.4 Å². The van der Waals surface area contributed by atoms with Crippen LogP contribution in [0.2, 0.25) is 0 Å². The Labute approximate surface area is 138 Å². The maximum absolute atomic E-state index is 12.8. The molecule has 0 unspecified atom stereocenters. The van der Waals surface area contributed by atoms with Crippen LogP contribution in [0.4, 0.5) is 19.1 Å². The highest BCUT2D eigenvalue weighted by molar-refractivity contribution is 5.34. The topological polar surface area (TPSA) is 49.2 Å². The fraction of sp³-hybridized carbons (Fsp3) is 0.412. The summed E-state index contributed by atoms with van der Waals surface area (Å²) in [6.45, 7) is 0.591. The van der Waals surface area contributed by atoms with Crippen molar-refractivity contribution in [3.63, 3.8) is 0 Å².